The number of hydrogen-bond acceptors (Lipinski definition) is 2. The largest absolute Gasteiger partial charge is 0.325 e. The lowest BCUT2D eigenvalue weighted by Gasteiger charge is -2.11. The summed E-state index contributed by atoms with van der Waals surface area (Å²) >= 11 is 5.89. The quantitative estimate of drug-likeness (QED) is 0.611. The Morgan fingerprint density at radius 1 is 0.682 bits per heavy atom. The van der Waals surface area contributed by atoms with Crippen LogP contribution in [0.3, 0.4) is 0 Å². The summed E-state index contributed by atoms with van der Waals surface area (Å²) in [6.45, 7) is 0. The van der Waals surface area contributed by atoms with Crippen molar-refractivity contribution in [2.75, 3.05) is 0 Å². The van der Waals surface area contributed by atoms with Gasteiger partial charge in [-0.15, -0.1) is 0 Å². The molecule has 0 fully saturated rings. The molecule has 0 bridgehead atoms. The van der Waals surface area contributed by atoms with Gasteiger partial charge in [0.15, 0.2) is 5.75 Å². The maximum Gasteiger partial charge on any atom is 0.325 e. The van der Waals surface area contributed by atoms with Crippen LogP contribution in [0, 0.1) is 0 Å². The second kappa shape index (κ2) is 6.34. The van der Waals surface area contributed by atoms with Crippen LogP contribution in [0.1, 0.15) is 0 Å². The fraction of sp³-hybridized carbons (Fsp3) is 0. The third kappa shape index (κ3) is 3.06. The van der Waals surface area contributed by atoms with Gasteiger partial charge in [-0.25, -0.2) is 0 Å². The fourth-order valence-corrected chi connectivity index (χ4v) is 4.06. The molecule has 3 rings (SSSR count). The summed E-state index contributed by atoms with van der Waals surface area (Å²) in [4.78, 5) is 1.27. The van der Waals surface area contributed by atoms with E-state index in [4.69, 9.17) is 15.8 Å². The van der Waals surface area contributed by atoms with Gasteiger partial charge >= 0.3 is 10.2 Å². The Kier molecular flexibility index (Phi) is 4.27. The van der Waals surface area contributed by atoms with E-state index in [2.05, 4.69) is 0 Å². The molecule has 0 aliphatic carbocycles. The van der Waals surface area contributed by atoms with Gasteiger partial charge in [-0.1, -0.05) is 48.0 Å². The number of rotatable bonds is 4. The SMILES string of the molecule is O=[S+](Oc1ccc(Cl)cc1)(c1ccccc1)c1ccccc1. The van der Waals surface area contributed by atoms with Crippen molar-refractivity contribution < 1.29 is 8.39 Å². The molecule has 4 heteroatoms. The van der Waals surface area contributed by atoms with Crippen molar-refractivity contribution in [3.63, 3.8) is 0 Å². The first-order valence-electron chi connectivity index (χ1n) is 6.78. The molecule has 110 valence electrons. The highest BCUT2D eigenvalue weighted by atomic mass is 35.5. The molecular formula is C18H14ClO2S+. The third-order valence-electron chi connectivity index (χ3n) is 3.13. The van der Waals surface area contributed by atoms with Crippen LogP contribution in [-0.4, -0.2) is 0 Å². The lowest BCUT2D eigenvalue weighted by Crippen LogP contribution is -2.19. The zero-order valence-electron chi connectivity index (χ0n) is 11.7. The summed E-state index contributed by atoms with van der Waals surface area (Å²) in [5, 5.41) is 0.610. The molecule has 0 heterocycles. The van der Waals surface area contributed by atoms with Crippen LogP contribution in [0.15, 0.2) is 94.7 Å². The first-order chi connectivity index (χ1) is 10.7. The van der Waals surface area contributed by atoms with Gasteiger partial charge in [-0.2, -0.15) is 0 Å². The van der Waals surface area contributed by atoms with E-state index in [-0.39, 0.29) is 0 Å². The molecule has 3 aromatic rings. The van der Waals surface area contributed by atoms with Gasteiger partial charge in [-0.05, 0) is 52.7 Å². The number of hydrogen-bond donors (Lipinski definition) is 0. The summed E-state index contributed by atoms with van der Waals surface area (Å²) < 4.78 is 19.5. The zero-order chi connectivity index (χ0) is 15.4. The van der Waals surface area contributed by atoms with Gasteiger partial charge in [0.25, 0.3) is 0 Å². The van der Waals surface area contributed by atoms with E-state index < -0.39 is 10.2 Å². The summed E-state index contributed by atoms with van der Waals surface area (Å²) in [5.74, 6) is 0.516. The second-order valence-electron chi connectivity index (χ2n) is 4.67. The molecule has 0 N–H and O–H groups in total. The van der Waals surface area contributed by atoms with E-state index in [0.717, 1.165) is 0 Å². The fourth-order valence-electron chi connectivity index (χ4n) is 2.06. The molecule has 3 aromatic carbocycles. The van der Waals surface area contributed by atoms with Gasteiger partial charge in [-0.3, -0.25) is 4.18 Å². The monoisotopic (exact) mass is 329 g/mol. The highest BCUT2D eigenvalue weighted by molar-refractivity contribution is 7.99. The van der Waals surface area contributed by atoms with Crippen molar-refractivity contribution in [1.29, 1.82) is 0 Å². The van der Waals surface area contributed by atoms with E-state index >= 15 is 0 Å². The molecule has 0 atom stereocenters. The Labute approximate surface area is 136 Å². The molecule has 2 nitrogen and oxygen atoms in total. The Bertz CT molecular complexity index is 743. The first-order valence-corrected chi connectivity index (χ1v) is 8.64. The minimum atomic E-state index is -2.86. The smallest absolute Gasteiger partial charge is 0.275 e. The predicted octanol–water partition coefficient (Wildman–Crippen LogP) is 5.25. The third-order valence-corrected chi connectivity index (χ3v) is 5.60. The molecule has 0 amide bonds. The van der Waals surface area contributed by atoms with Crippen molar-refractivity contribution in [3.8, 4) is 5.75 Å². The van der Waals surface area contributed by atoms with Crippen molar-refractivity contribution in [2.24, 2.45) is 0 Å². The Morgan fingerprint density at radius 2 is 1.14 bits per heavy atom. The minimum absolute atomic E-state index is 0.516. The lowest BCUT2D eigenvalue weighted by atomic mass is 10.3. The van der Waals surface area contributed by atoms with Crippen LogP contribution in [0.4, 0.5) is 0 Å². The Morgan fingerprint density at radius 3 is 1.59 bits per heavy atom. The maximum atomic E-state index is 13.6. The van der Waals surface area contributed by atoms with Gasteiger partial charge in [0.05, 0.1) is 0 Å². The lowest BCUT2D eigenvalue weighted by molar-refractivity contribution is 0.499. The zero-order valence-corrected chi connectivity index (χ0v) is 13.3. The van der Waals surface area contributed by atoms with Crippen LogP contribution in [-0.2, 0) is 14.4 Å². The van der Waals surface area contributed by atoms with Crippen LogP contribution in [0.25, 0.3) is 0 Å². The van der Waals surface area contributed by atoms with Gasteiger partial charge in [0.2, 0.25) is 9.79 Å². The summed E-state index contributed by atoms with van der Waals surface area (Å²) in [6.07, 6.45) is 0. The van der Waals surface area contributed by atoms with Crippen molar-refractivity contribution in [2.45, 2.75) is 9.79 Å². The topological polar surface area (TPSA) is 26.3 Å². The molecule has 0 aliphatic rings. The van der Waals surface area contributed by atoms with Gasteiger partial charge in [0.1, 0.15) is 0 Å². The highest BCUT2D eigenvalue weighted by Crippen LogP contribution is 2.32. The van der Waals surface area contributed by atoms with Crippen molar-refractivity contribution in [3.05, 3.63) is 90.0 Å². The molecule has 22 heavy (non-hydrogen) atoms. The maximum absolute atomic E-state index is 13.6. The highest BCUT2D eigenvalue weighted by Gasteiger charge is 2.38. The standard InChI is InChI=1S/C18H14ClO2S/c19-15-11-13-16(14-12-15)21-22(20,17-7-3-1-4-8-17)18-9-5-2-6-10-18/h1-14H/q+1. The van der Waals surface area contributed by atoms with E-state index in [1.807, 2.05) is 60.7 Å². The van der Waals surface area contributed by atoms with Crippen molar-refractivity contribution >= 4 is 21.8 Å². The van der Waals surface area contributed by atoms with Crippen molar-refractivity contribution in [1.82, 2.24) is 0 Å². The van der Waals surface area contributed by atoms with Crippen LogP contribution >= 0.6 is 11.6 Å². The van der Waals surface area contributed by atoms with E-state index in [1.165, 1.54) is 0 Å². The van der Waals surface area contributed by atoms with E-state index in [1.54, 1.807) is 24.3 Å². The average Bonchev–Trinajstić information content (AvgIpc) is 2.58. The van der Waals surface area contributed by atoms with Crippen LogP contribution < -0.4 is 4.18 Å². The molecule has 0 saturated heterocycles. The Balaban J connectivity index is 2.08. The Hall–Kier alpha value is -2.10. The first kappa shape index (κ1) is 14.8. The van der Waals surface area contributed by atoms with E-state index in [9.17, 15) is 4.21 Å². The molecule has 0 aliphatic heterocycles. The predicted molar refractivity (Wildman–Crippen MR) is 89.5 cm³/mol. The minimum Gasteiger partial charge on any atom is -0.275 e. The second-order valence-corrected chi connectivity index (χ2v) is 7.22. The van der Waals surface area contributed by atoms with Crippen LogP contribution in [0.5, 0.6) is 5.75 Å². The summed E-state index contributed by atoms with van der Waals surface area (Å²) in [7, 11) is -2.86. The molecule has 0 unspecified atom stereocenters. The molecule has 0 saturated carbocycles. The molecule has 0 aromatic heterocycles. The van der Waals surface area contributed by atoms with Gasteiger partial charge < -0.3 is 0 Å². The number of benzene rings is 3. The van der Waals surface area contributed by atoms with Crippen LogP contribution in [0.2, 0.25) is 5.02 Å². The van der Waals surface area contributed by atoms with Gasteiger partial charge in [0, 0.05) is 5.02 Å². The molecular weight excluding hydrogens is 316 g/mol. The van der Waals surface area contributed by atoms with E-state index in [0.29, 0.717) is 20.6 Å². The average molecular weight is 330 g/mol. The number of halogens is 1. The molecule has 0 spiro atoms. The molecule has 0 radical (unpaired) electrons. The normalized spacial score (nSPS) is 11.1. The summed E-state index contributed by atoms with van der Waals surface area (Å²) in [5.41, 5.74) is 0. The summed E-state index contributed by atoms with van der Waals surface area (Å²) in [6, 6.07) is 25.3.